The number of hydrogen-bond acceptors (Lipinski definition) is 10. The van der Waals surface area contributed by atoms with Gasteiger partial charge in [0.2, 0.25) is 0 Å². The smallest absolute Gasteiger partial charge is 0.187 e. The van der Waals surface area contributed by atoms with Gasteiger partial charge in [0, 0.05) is 13.2 Å². The lowest BCUT2D eigenvalue weighted by Crippen LogP contribution is -2.60. The summed E-state index contributed by atoms with van der Waals surface area (Å²) in [5.41, 5.74) is 0. The van der Waals surface area contributed by atoms with Crippen molar-refractivity contribution in [1.82, 2.24) is 0 Å². The number of unbranched alkanes of at least 4 members (excludes halogenated alkanes) is 6. The molecular formula is C26H52O10. The summed E-state index contributed by atoms with van der Waals surface area (Å²) in [7, 11) is 0. The van der Waals surface area contributed by atoms with Gasteiger partial charge in [-0.05, 0) is 12.8 Å². The third-order valence-corrected chi connectivity index (χ3v) is 5.90. The highest BCUT2D eigenvalue weighted by Crippen LogP contribution is 2.24. The first-order chi connectivity index (χ1) is 17.7. The standard InChI is InChI=1S/C26H52O10/c1-3-5-7-9-11-30-13-15-32-17-19-34-25-24(29)23(28)22(21-27)36-26(25)35-20-18-33-16-14-31-12-10-8-6-4-2/h22-29H,3-21H2,1-2H3/t22-,23-,24+,25-,26?/m1/s1. The van der Waals surface area contributed by atoms with Gasteiger partial charge in [-0.25, -0.2) is 0 Å². The first kappa shape index (κ1) is 33.6. The quantitative estimate of drug-likeness (QED) is 0.153. The van der Waals surface area contributed by atoms with Crippen LogP contribution in [-0.4, -0.2) is 119 Å². The van der Waals surface area contributed by atoms with Crippen LogP contribution in [0.2, 0.25) is 0 Å². The van der Waals surface area contributed by atoms with Gasteiger partial charge in [-0.1, -0.05) is 52.4 Å². The summed E-state index contributed by atoms with van der Waals surface area (Å²) in [6.07, 6.45) is 3.98. The van der Waals surface area contributed by atoms with Crippen molar-refractivity contribution in [1.29, 1.82) is 0 Å². The predicted molar refractivity (Wildman–Crippen MR) is 135 cm³/mol. The van der Waals surface area contributed by atoms with Gasteiger partial charge < -0.3 is 48.5 Å². The summed E-state index contributed by atoms with van der Waals surface area (Å²) in [6.45, 7) is 8.36. The van der Waals surface area contributed by atoms with Crippen molar-refractivity contribution >= 4 is 0 Å². The van der Waals surface area contributed by atoms with E-state index in [0.717, 1.165) is 26.1 Å². The van der Waals surface area contributed by atoms with Crippen LogP contribution in [0.5, 0.6) is 0 Å². The van der Waals surface area contributed by atoms with Crippen molar-refractivity contribution in [2.45, 2.75) is 95.9 Å². The highest BCUT2D eigenvalue weighted by atomic mass is 16.7. The summed E-state index contributed by atoms with van der Waals surface area (Å²) in [5, 5.41) is 30.2. The van der Waals surface area contributed by atoms with Crippen molar-refractivity contribution < 1.29 is 48.5 Å². The normalized spacial score (nSPS) is 24.4. The van der Waals surface area contributed by atoms with Gasteiger partial charge in [0.15, 0.2) is 6.29 Å². The van der Waals surface area contributed by atoms with E-state index in [9.17, 15) is 15.3 Å². The second-order valence-electron chi connectivity index (χ2n) is 8.98. The fraction of sp³-hybridized carbons (Fsp3) is 1.00. The molecule has 1 heterocycles. The molecule has 0 spiro atoms. The van der Waals surface area contributed by atoms with Crippen molar-refractivity contribution in [2.75, 3.05) is 72.7 Å². The van der Waals surface area contributed by atoms with Crippen LogP contribution < -0.4 is 0 Å². The van der Waals surface area contributed by atoms with Crippen LogP contribution >= 0.6 is 0 Å². The Morgan fingerprint density at radius 1 is 0.556 bits per heavy atom. The zero-order chi connectivity index (χ0) is 26.3. The second kappa shape index (κ2) is 23.7. The zero-order valence-electron chi connectivity index (χ0n) is 22.5. The van der Waals surface area contributed by atoms with Gasteiger partial charge >= 0.3 is 0 Å². The molecule has 1 aliphatic rings. The SMILES string of the molecule is CCCCCCOCCOCCOC1O[C@H](CO)[C@@H](O)[C@H](O)[C@H]1OCCOCCOCCCCCC. The van der Waals surface area contributed by atoms with Gasteiger partial charge in [0.25, 0.3) is 0 Å². The van der Waals surface area contributed by atoms with Crippen LogP contribution in [0.15, 0.2) is 0 Å². The Morgan fingerprint density at radius 2 is 1.03 bits per heavy atom. The van der Waals surface area contributed by atoms with Crippen molar-refractivity contribution in [3.8, 4) is 0 Å². The minimum atomic E-state index is -1.28. The number of hydrogen-bond donors (Lipinski definition) is 3. The van der Waals surface area contributed by atoms with E-state index in [1.165, 1.54) is 38.5 Å². The van der Waals surface area contributed by atoms with E-state index in [2.05, 4.69) is 13.8 Å². The summed E-state index contributed by atoms with van der Waals surface area (Å²) < 4.78 is 39.2. The molecule has 1 rings (SSSR count). The van der Waals surface area contributed by atoms with Gasteiger partial charge in [-0.3, -0.25) is 0 Å². The molecule has 10 heteroatoms. The van der Waals surface area contributed by atoms with Crippen molar-refractivity contribution in [2.24, 2.45) is 0 Å². The Kier molecular flexibility index (Phi) is 22.1. The second-order valence-corrected chi connectivity index (χ2v) is 8.98. The lowest BCUT2D eigenvalue weighted by Gasteiger charge is -2.41. The Bertz CT molecular complexity index is 470. The lowest BCUT2D eigenvalue weighted by atomic mass is 9.99. The van der Waals surface area contributed by atoms with E-state index in [4.69, 9.17) is 33.2 Å². The van der Waals surface area contributed by atoms with Crippen LogP contribution in [0.25, 0.3) is 0 Å². The molecule has 10 nitrogen and oxygen atoms in total. The molecule has 0 saturated carbocycles. The molecule has 1 fully saturated rings. The zero-order valence-corrected chi connectivity index (χ0v) is 22.5. The number of aliphatic hydroxyl groups is 3. The minimum Gasteiger partial charge on any atom is -0.394 e. The average Bonchev–Trinajstić information content (AvgIpc) is 2.89. The maximum absolute atomic E-state index is 10.5. The molecular weight excluding hydrogens is 472 g/mol. The van der Waals surface area contributed by atoms with Gasteiger partial charge in [-0.2, -0.15) is 0 Å². The molecule has 0 aliphatic carbocycles. The minimum absolute atomic E-state index is 0.185. The Labute approximate surface area is 217 Å². The van der Waals surface area contributed by atoms with Crippen LogP contribution in [0.4, 0.5) is 0 Å². The number of ether oxygens (including phenoxy) is 7. The van der Waals surface area contributed by atoms with Crippen LogP contribution in [0, 0.1) is 0 Å². The molecule has 0 aromatic rings. The highest BCUT2D eigenvalue weighted by molar-refractivity contribution is 4.90. The Morgan fingerprint density at radius 3 is 1.53 bits per heavy atom. The topological polar surface area (TPSA) is 125 Å². The molecule has 0 aromatic carbocycles. The third-order valence-electron chi connectivity index (χ3n) is 5.90. The Balaban J connectivity index is 2.20. The molecule has 1 saturated heterocycles. The maximum Gasteiger partial charge on any atom is 0.187 e. The molecule has 0 aromatic heterocycles. The van der Waals surface area contributed by atoms with E-state index in [1.807, 2.05) is 0 Å². The van der Waals surface area contributed by atoms with Crippen LogP contribution in [0.3, 0.4) is 0 Å². The molecule has 5 atom stereocenters. The Hall–Kier alpha value is -0.400. The highest BCUT2D eigenvalue weighted by Gasteiger charge is 2.45. The molecule has 0 bridgehead atoms. The van der Waals surface area contributed by atoms with E-state index in [-0.39, 0.29) is 13.2 Å². The third kappa shape index (κ3) is 15.8. The monoisotopic (exact) mass is 524 g/mol. The molecule has 36 heavy (non-hydrogen) atoms. The van der Waals surface area contributed by atoms with Crippen molar-refractivity contribution in [3.63, 3.8) is 0 Å². The first-order valence-electron chi connectivity index (χ1n) is 13.8. The predicted octanol–water partition coefficient (Wildman–Crippen LogP) is 2.05. The molecule has 1 aliphatic heterocycles. The summed E-state index contributed by atoms with van der Waals surface area (Å²) in [6, 6.07) is 0. The summed E-state index contributed by atoms with van der Waals surface area (Å²) in [4.78, 5) is 0. The first-order valence-corrected chi connectivity index (χ1v) is 13.8. The van der Waals surface area contributed by atoms with Crippen molar-refractivity contribution in [3.05, 3.63) is 0 Å². The fourth-order valence-electron chi connectivity index (χ4n) is 3.74. The fourth-order valence-corrected chi connectivity index (χ4v) is 3.74. The van der Waals surface area contributed by atoms with Gasteiger partial charge in [0.05, 0.1) is 59.5 Å². The van der Waals surface area contributed by atoms with E-state index < -0.39 is 37.3 Å². The van der Waals surface area contributed by atoms with E-state index in [0.29, 0.717) is 39.6 Å². The lowest BCUT2D eigenvalue weighted by molar-refractivity contribution is -0.312. The van der Waals surface area contributed by atoms with E-state index >= 15 is 0 Å². The largest absolute Gasteiger partial charge is 0.394 e. The number of aliphatic hydroxyl groups excluding tert-OH is 3. The summed E-state index contributed by atoms with van der Waals surface area (Å²) in [5.74, 6) is 0. The van der Waals surface area contributed by atoms with Gasteiger partial charge in [-0.15, -0.1) is 0 Å². The van der Waals surface area contributed by atoms with E-state index in [1.54, 1.807) is 0 Å². The molecule has 216 valence electrons. The summed E-state index contributed by atoms with van der Waals surface area (Å²) >= 11 is 0. The number of rotatable bonds is 25. The van der Waals surface area contributed by atoms with Gasteiger partial charge in [0.1, 0.15) is 24.4 Å². The van der Waals surface area contributed by atoms with Crippen LogP contribution in [-0.2, 0) is 33.2 Å². The molecule has 0 radical (unpaired) electrons. The molecule has 0 amide bonds. The average molecular weight is 525 g/mol. The van der Waals surface area contributed by atoms with Crippen LogP contribution in [0.1, 0.15) is 65.2 Å². The molecule has 3 N–H and O–H groups in total. The maximum atomic E-state index is 10.5. The molecule has 1 unspecified atom stereocenters.